The molecule has 0 saturated heterocycles. The Bertz CT molecular complexity index is 1300. The standard InChI is InChI=1S/C23H28N6O5S2/c1-3-33-10-8-17(18-11-15(7-9-25-18)29-36(31,32)16-5-6-16)28-22(30)23-26-13-20(35-23)19-12-24-14-21(27-19)34-4-2/h7,9,11-14,16-17H,3-6,8,10H2,1-2H3,(H,25,29)(H,28,30)/t17-/m1/s1. The number of nitrogens with zero attached hydrogens (tertiary/aromatic N) is 4. The van der Waals surface area contributed by atoms with Crippen LogP contribution in [-0.4, -0.2) is 59.3 Å². The molecule has 1 aliphatic carbocycles. The first-order valence-electron chi connectivity index (χ1n) is 11.7. The monoisotopic (exact) mass is 532 g/mol. The predicted octanol–water partition coefficient (Wildman–Crippen LogP) is 3.20. The molecule has 1 fully saturated rings. The molecule has 0 bridgehead atoms. The van der Waals surface area contributed by atoms with Crippen LogP contribution in [0.5, 0.6) is 5.88 Å². The average Bonchev–Trinajstić information content (AvgIpc) is 3.62. The lowest BCUT2D eigenvalue weighted by molar-refractivity contribution is 0.0912. The summed E-state index contributed by atoms with van der Waals surface area (Å²) in [6.45, 7) is 5.14. The van der Waals surface area contributed by atoms with Crippen molar-refractivity contribution in [2.24, 2.45) is 0 Å². The molecule has 3 heterocycles. The minimum absolute atomic E-state index is 0.251. The van der Waals surface area contributed by atoms with E-state index >= 15 is 0 Å². The van der Waals surface area contributed by atoms with E-state index in [4.69, 9.17) is 9.47 Å². The Labute approximate surface area is 213 Å². The van der Waals surface area contributed by atoms with E-state index in [1.807, 2.05) is 13.8 Å². The van der Waals surface area contributed by atoms with Gasteiger partial charge in [-0.2, -0.15) is 0 Å². The Hall–Kier alpha value is -3.16. The van der Waals surface area contributed by atoms with Gasteiger partial charge in [0.25, 0.3) is 5.91 Å². The van der Waals surface area contributed by atoms with E-state index in [9.17, 15) is 13.2 Å². The van der Waals surface area contributed by atoms with Gasteiger partial charge >= 0.3 is 0 Å². The number of pyridine rings is 1. The summed E-state index contributed by atoms with van der Waals surface area (Å²) in [5, 5.41) is 2.86. The maximum Gasteiger partial charge on any atom is 0.280 e. The molecule has 3 aromatic rings. The van der Waals surface area contributed by atoms with Gasteiger partial charge in [-0.25, -0.2) is 18.4 Å². The van der Waals surface area contributed by atoms with Gasteiger partial charge in [-0.05, 0) is 45.2 Å². The van der Waals surface area contributed by atoms with E-state index in [1.165, 1.54) is 23.7 Å². The summed E-state index contributed by atoms with van der Waals surface area (Å²) in [6, 6.07) is 2.72. The minimum Gasteiger partial charge on any atom is -0.477 e. The van der Waals surface area contributed by atoms with Crippen molar-refractivity contribution in [2.75, 3.05) is 24.5 Å². The van der Waals surface area contributed by atoms with Crippen LogP contribution in [0.15, 0.2) is 36.9 Å². The Morgan fingerprint density at radius 3 is 2.78 bits per heavy atom. The molecule has 1 aliphatic rings. The summed E-state index contributed by atoms with van der Waals surface area (Å²) >= 11 is 1.18. The van der Waals surface area contributed by atoms with Gasteiger partial charge in [-0.3, -0.25) is 19.5 Å². The van der Waals surface area contributed by atoms with E-state index < -0.39 is 16.1 Å². The lowest BCUT2D eigenvalue weighted by atomic mass is 10.1. The minimum atomic E-state index is -3.42. The lowest BCUT2D eigenvalue weighted by Crippen LogP contribution is -2.30. The highest BCUT2D eigenvalue weighted by Crippen LogP contribution is 2.30. The average molecular weight is 533 g/mol. The molecule has 11 nitrogen and oxygen atoms in total. The van der Waals surface area contributed by atoms with E-state index in [1.54, 1.807) is 24.5 Å². The van der Waals surface area contributed by atoms with Crippen LogP contribution in [0.25, 0.3) is 10.6 Å². The van der Waals surface area contributed by atoms with Gasteiger partial charge < -0.3 is 14.8 Å². The third-order valence-electron chi connectivity index (χ3n) is 5.28. The molecule has 1 atom stereocenters. The highest BCUT2D eigenvalue weighted by molar-refractivity contribution is 7.93. The molecule has 0 spiro atoms. The number of thiazole rings is 1. The zero-order valence-corrected chi connectivity index (χ0v) is 21.6. The zero-order valence-electron chi connectivity index (χ0n) is 20.0. The Kier molecular flexibility index (Phi) is 8.44. The fourth-order valence-corrected chi connectivity index (χ4v) is 5.52. The van der Waals surface area contributed by atoms with Crippen molar-refractivity contribution in [3.05, 3.63) is 47.6 Å². The van der Waals surface area contributed by atoms with E-state index in [0.29, 0.717) is 66.9 Å². The fourth-order valence-electron chi connectivity index (χ4n) is 3.37. The molecule has 1 saturated carbocycles. The molecule has 4 rings (SSSR count). The van der Waals surface area contributed by atoms with Crippen LogP contribution in [0.2, 0.25) is 0 Å². The number of nitrogens with one attached hydrogen (secondary N) is 2. The highest BCUT2D eigenvalue weighted by atomic mass is 32.2. The van der Waals surface area contributed by atoms with Crippen LogP contribution in [-0.2, 0) is 14.8 Å². The number of rotatable bonds is 13. The van der Waals surface area contributed by atoms with Crippen molar-refractivity contribution >= 4 is 33.0 Å². The first-order chi connectivity index (χ1) is 17.4. The topological polar surface area (TPSA) is 145 Å². The first-order valence-corrected chi connectivity index (χ1v) is 14.0. The number of hydrogen-bond donors (Lipinski definition) is 2. The van der Waals surface area contributed by atoms with E-state index in [-0.39, 0.29) is 16.2 Å². The number of ether oxygens (including phenoxy) is 2. The lowest BCUT2D eigenvalue weighted by Gasteiger charge is -2.18. The first kappa shape index (κ1) is 25.9. The molecule has 0 unspecified atom stereocenters. The summed E-state index contributed by atoms with van der Waals surface area (Å²) in [4.78, 5) is 30.9. The molecule has 0 aliphatic heterocycles. The van der Waals surface area contributed by atoms with Crippen LogP contribution in [0.3, 0.4) is 0 Å². The summed E-state index contributed by atoms with van der Waals surface area (Å²) in [7, 11) is -3.42. The van der Waals surface area contributed by atoms with Crippen molar-refractivity contribution < 1.29 is 22.7 Å². The van der Waals surface area contributed by atoms with Crippen LogP contribution < -0.4 is 14.8 Å². The Balaban J connectivity index is 1.50. The van der Waals surface area contributed by atoms with Crippen molar-refractivity contribution in [3.63, 3.8) is 0 Å². The fraction of sp³-hybridized carbons (Fsp3) is 0.435. The van der Waals surface area contributed by atoms with Gasteiger partial charge in [0.05, 0.1) is 46.6 Å². The van der Waals surface area contributed by atoms with Gasteiger partial charge in [0.2, 0.25) is 15.9 Å². The number of carbonyl (C=O) groups excluding carboxylic acids is 1. The van der Waals surface area contributed by atoms with Gasteiger partial charge in [-0.1, -0.05) is 0 Å². The molecular formula is C23H28N6O5S2. The van der Waals surface area contributed by atoms with Crippen molar-refractivity contribution in [2.45, 2.75) is 44.4 Å². The highest BCUT2D eigenvalue weighted by Gasteiger charge is 2.35. The third-order valence-corrected chi connectivity index (χ3v) is 8.17. The van der Waals surface area contributed by atoms with Crippen LogP contribution in [0.1, 0.15) is 54.6 Å². The van der Waals surface area contributed by atoms with Crippen LogP contribution >= 0.6 is 11.3 Å². The smallest absolute Gasteiger partial charge is 0.280 e. The Morgan fingerprint density at radius 2 is 2.03 bits per heavy atom. The molecular weight excluding hydrogens is 504 g/mol. The molecule has 0 radical (unpaired) electrons. The zero-order chi connectivity index (χ0) is 25.5. The van der Waals surface area contributed by atoms with Crippen molar-refractivity contribution in [3.8, 4) is 16.5 Å². The predicted molar refractivity (Wildman–Crippen MR) is 135 cm³/mol. The molecule has 192 valence electrons. The number of amides is 1. The number of sulfonamides is 1. The van der Waals surface area contributed by atoms with E-state index in [0.717, 1.165) is 0 Å². The maximum atomic E-state index is 13.1. The normalized spacial score (nSPS) is 14.3. The van der Waals surface area contributed by atoms with Crippen molar-refractivity contribution in [1.29, 1.82) is 0 Å². The molecule has 0 aromatic carbocycles. The molecule has 3 aromatic heterocycles. The van der Waals surface area contributed by atoms with Crippen LogP contribution in [0, 0.1) is 0 Å². The Morgan fingerprint density at radius 1 is 1.19 bits per heavy atom. The summed E-state index contributed by atoms with van der Waals surface area (Å²) in [6.07, 6.45) is 7.98. The third kappa shape index (κ3) is 6.74. The number of carbonyl (C=O) groups is 1. The van der Waals surface area contributed by atoms with Gasteiger partial charge in [0.15, 0.2) is 5.01 Å². The summed E-state index contributed by atoms with van der Waals surface area (Å²) in [5.41, 5.74) is 1.49. The number of aromatic nitrogens is 4. The molecule has 1 amide bonds. The summed E-state index contributed by atoms with van der Waals surface area (Å²) in [5.74, 6) is 0.0149. The molecule has 36 heavy (non-hydrogen) atoms. The van der Waals surface area contributed by atoms with Crippen LogP contribution in [0.4, 0.5) is 5.69 Å². The maximum absolute atomic E-state index is 13.1. The largest absolute Gasteiger partial charge is 0.477 e. The van der Waals surface area contributed by atoms with Gasteiger partial charge in [-0.15, -0.1) is 11.3 Å². The van der Waals surface area contributed by atoms with E-state index in [2.05, 4.69) is 30.0 Å². The van der Waals surface area contributed by atoms with Crippen molar-refractivity contribution in [1.82, 2.24) is 25.3 Å². The quantitative estimate of drug-likeness (QED) is 0.317. The summed E-state index contributed by atoms with van der Waals surface area (Å²) < 4.78 is 38.2. The van der Waals surface area contributed by atoms with Gasteiger partial charge in [0, 0.05) is 25.6 Å². The number of anilines is 1. The second-order valence-electron chi connectivity index (χ2n) is 8.03. The van der Waals surface area contributed by atoms with Gasteiger partial charge in [0.1, 0.15) is 5.69 Å². The molecule has 2 N–H and O–H groups in total. The second kappa shape index (κ2) is 11.7. The molecule has 13 heteroatoms. The second-order valence-corrected chi connectivity index (χ2v) is 11.0. The number of hydrogen-bond acceptors (Lipinski definition) is 10. The SMILES string of the molecule is CCOCC[C@@H](NC(=O)c1ncc(-c2cncc(OCC)n2)s1)c1cc(NS(=O)(=O)C2CC2)ccn1.